The van der Waals surface area contributed by atoms with E-state index >= 15 is 0 Å². The molecule has 1 aromatic carbocycles. The van der Waals surface area contributed by atoms with Crippen LogP contribution in [-0.2, 0) is 0 Å². The van der Waals surface area contributed by atoms with E-state index in [1.807, 2.05) is 13.8 Å². The zero-order valence-corrected chi connectivity index (χ0v) is 13.7. The van der Waals surface area contributed by atoms with Crippen LogP contribution in [0.15, 0.2) is 12.1 Å². The van der Waals surface area contributed by atoms with Crippen molar-refractivity contribution in [2.24, 2.45) is 0 Å². The predicted octanol–water partition coefficient (Wildman–Crippen LogP) is 2.58. The zero-order valence-electron chi connectivity index (χ0n) is 12.0. The second-order valence-electron chi connectivity index (χ2n) is 5.46. The van der Waals surface area contributed by atoms with E-state index in [0.717, 1.165) is 34.3 Å². The third-order valence-electron chi connectivity index (χ3n) is 3.74. The summed E-state index contributed by atoms with van der Waals surface area (Å²) in [5.74, 6) is 0.150. The molecule has 3 heteroatoms. The molecule has 1 heterocycles. The molecule has 1 aliphatic heterocycles. The second kappa shape index (κ2) is 6.02. The molecule has 0 spiro atoms. The molecule has 0 N–H and O–H groups in total. The Hall–Kier alpha value is -0.921. The zero-order chi connectivity index (χ0) is 14.0. The van der Waals surface area contributed by atoms with E-state index in [4.69, 9.17) is 0 Å². The van der Waals surface area contributed by atoms with Gasteiger partial charge in [-0.1, -0.05) is 0 Å². The van der Waals surface area contributed by atoms with E-state index in [1.165, 1.54) is 24.8 Å². The summed E-state index contributed by atoms with van der Waals surface area (Å²) in [5.41, 5.74) is 4.23. The molecule has 19 heavy (non-hydrogen) atoms. The Labute approximate surface area is 123 Å². The molecule has 0 unspecified atom stereocenters. The Kier molecular flexibility index (Phi) is 4.59. The van der Waals surface area contributed by atoms with Crippen LogP contribution in [-0.4, -0.2) is 43.9 Å². The number of Topliss-reactive ketones (excluding diaryl/α,β-unsaturated/α-hetero) is 1. The van der Waals surface area contributed by atoms with E-state index in [9.17, 15) is 4.79 Å². The molecule has 2 nitrogen and oxygen atoms in total. The first-order chi connectivity index (χ1) is 9.00. The Morgan fingerprint density at radius 2 is 1.58 bits per heavy atom. The van der Waals surface area contributed by atoms with Crippen molar-refractivity contribution < 1.29 is 4.79 Å². The minimum absolute atomic E-state index is 0.150. The minimum atomic E-state index is 0.150. The number of carbonyl (C=O) groups excluding carboxylic acids is 1. The summed E-state index contributed by atoms with van der Waals surface area (Å²) in [6.07, 6.45) is 3.65. The van der Waals surface area contributed by atoms with E-state index in [1.54, 1.807) is 0 Å². The number of piperidine rings is 1. The summed E-state index contributed by atoms with van der Waals surface area (Å²) < 4.78 is 0.787. The fourth-order valence-electron chi connectivity index (χ4n) is 2.89. The van der Waals surface area contributed by atoms with Crippen LogP contribution in [0.2, 0.25) is 0 Å². The summed E-state index contributed by atoms with van der Waals surface area (Å²) in [6.45, 7) is 8.12. The van der Waals surface area contributed by atoms with Crippen molar-refractivity contribution in [1.82, 2.24) is 4.90 Å². The molecule has 1 aromatic rings. The number of hydrogen-bond donors (Lipinski definition) is 0. The molecular formula is C16H21NOSe. The monoisotopic (exact) mass is 323 g/mol. The molecule has 1 saturated heterocycles. The van der Waals surface area contributed by atoms with Crippen LogP contribution in [0.1, 0.15) is 46.3 Å². The molecule has 0 amide bonds. The van der Waals surface area contributed by atoms with E-state index in [2.05, 4.69) is 39.5 Å². The van der Waals surface area contributed by atoms with Gasteiger partial charge in [0.05, 0.1) is 0 Å². The van der Waals surface area contributed by atoms with E-state index < -0.39 is 0 Å². The molecule has 1 fully saturated rings. The second-order valence-corrected chi connectivity index (χ2v) is 6.27. The quantitative estimate of drug-likeness (QED) is 0.630. The van der Waals surface area contributed by atoms with Crippen molar-refractivity contribution in [2.45, 2.75) is 40.0 Å². The molecule has 0 saturated carbocycles. The third kappa shape index (κ3) is 3.16. The SMILES string of the molecule is Cc1cc(C)c(C(=O)C(=[Se])N2CCCCC2)c(C)c1. The van der Waals surface area contributed by atoms with E-state index in [-0.39, 0.29) is 5.78 Å². The van der Waals surface area contributed by atoms with Gasteiger partial charge in [-0.05, 0) is 0 Å². The van der Waals surface area contributed by atoms with Crippen LogP contribution >= 0.6 is 0 Å². The Balaban J connectivity index is 2.26. The Morgan fingerprint density at radius 1 is 1.05 bits per heavy atom. The molecule has 1 aliphatic rings. The van der Waals surface area contributed by atoms with Crippen molar-refractivity contribution >= 4 is 25.9 Å². The summed E-state index contributed by atoms with van der Waals surface area (Å²) in [4.78, 5) is 14.9. The van der Waals surface area contributed by atoms with Gasteiger partial charge in [0.1, 0.15) is 0 Å². The van der Waals surface area contributed by atoms with Crippen LogP contribution in [0.3, 0.4) is 0 Å². The first-order valence-electron chi connectivity index (χ1n) is 6.92. The molecule has 0 aliphatic carbocycles. The van der Waals surface area contributed by atoms with Crippen LogP contribution in [0.5, 0.6) is 0 Å². The fourth-order valence-corrected chi connectivity index (χ4v) is 3.48. The number of likely N-dealkylation sites (tertiary alicyclic amines) is 1. The van der Waals surface area contributed by atoms with Crippen molar-refractivity contribution in [3.05, 3.63) is 34.4 Å². The first kappa shape index (κ1) is 14.5. The number of aryl methyl sites for hydroxylation is 3. The maximum absolute atomic E-state index is 12.7. The summed E-state index contributed by atoms with van der Waals surface area (Å²) >= 11 is 3.01. The molecule has 0 atom stereocenters. The Morgan fingerprint density at radius 3 is 2.11 bits per heavy atom. The fraction of sp³-hybridized carbons (Fsp3) is 0.500. The summed E-state index contributed by atoms with van der Waals surface area (Å²) in [6, 6.07) is 4.17. The maximum atomic E-state index is 12.7. The van der Waals surface area contributed by atoms with Crippen LogP contribution < -0.4 is 0 Å². The number of hydrogen-bond acceptors (Lipinski definition) is 2. The van der Waals surface area contributed by atoms with Gasteiger partial charge in [-0.25, -0.2) is 0 Å². The van der Waals surface area contributed by atoms with Gasteiger partial charge in [-0.2, -0.15) is 0 Å². The number of nitrogens with zero attached hydrogens (tertiary/aromatic N) is 1. The average molecular weight is 322 g/mol. The molecule has 102 valence electrons. The molecule has 2 rings (SSSR count). The number of benzene rings is 1. The van der Waals surface area contributed by atoms with Gasteiger partial charge in [0.25, 0.3) is 0 Å². The van der Waals surface area contributed by atoms with Crippen LogP contribution in [0, 0.1) is 20.8 Å². The van der Waals surface area contributed by atoms with Crippen molar-refractivity contribution in [3.63, 3.8) is 0 Å². The van der Waals surface area contributed by atoms with Gasteiger partial charge in [0, 0.05) is 0 Å². The van der Waals surface area contributed by atoms with Crippen LogP contribution in [0.4, 0.5) is 0 Å². The van der Waals surface area contributed by atoms with Crippen molar-refractivity contribution in [2.75, 3.05) is 13.1 Å². The normalized spacial score (nSPS) is 15.4. The van der Waals surface area contributed by atoms with Gasteiger partial charge in [-0.3, -0.25) is 0 Å². The number of rotatable bonds is 3. The molecule has 0 bridgehead atoms. The van der Waals surface area contributed by atoms with Gasteiger partial charge in [0.15, 0.2) is 0 Å². The first-order valence-corrected chi connectivity index (χ1v) is 7.78. The van der Waals surface area contributed by atoms with Gasteiger partial charge < -0.3 is 0 Å². The Bertz CT molecular complexity index is 492. The van der Waals surface area contributed by atoms with E-state index in [0.29, 0.717) is 0 Å². The standard InChI is InChI=1S/C16H21NOSe/c1-11-9-12(2)14(13(3)10-11)15(18)16(19)17-7-5-4-6-8-17/h9-10H,4-8H2,1-3H3. The predicted molar refractivity (Wildman–Crippen MR) is 81.2 cm³/mol. The van der Waals surface area contributed by atoms with Crippen molar-refractivity contribution in [1.29, 1.82) is 0 Å². The van der Waals surface area contributed by atoms with Crippen molar-refractivity contribution in [3.8, 4) is 0 Å². The third-order valence-corrected chi connectivity index (χ3v) is 4.67. The summed E-state index contributed by atoms with van der Waals surface area (Å²) in [5, 5.41) is 0. The number of ketones is 1. The average Bonchev–Trinajstić information content (AvgIpc) is 2.37. The number of carbonyl (C=O) groups is 1. The van der Waals surface area contributed by atoms with Gasteiger partial charge in [0.2, 0.25) is 0 Å². The summed E-state index contributed by atoms with van der Waals surface area (Å²) in [7, 11) is 0. The van der Waals surface area contributed by atoms with Crippen LogP contribution in [0.25, 0.3) is 0 Å². The van der Waals surface area contributed by atoms with Gasteiger partial charge >= 0.3 is 123 Å². The molecular weight excluding hydrogens is 301 g/mol. The topological polar surface area (TPSA) is 20.3 Å². The molecule has 0 radical (unpaired) electrons. The van der Waals surface area contributed by atoms with Gasteiger partial charge in [-0.15, -0.1) is 0 Å². The molecule has 0 aromatic heterocycles.